The van der Waals surface area contributed by atoms with Gasteiger partial charge in [0.1, 0.15) is 17.1 Å². The molecule has 0 aliphatic carbocycles. The van der Waals surface area contributed by atoms with Crippen molar-refractivity contribution in [1.82, 2.24) is 9.62 Å². The quantitative estimate of drug-likeness (QED) is 0.571. The molecular weight excluding hydrogens is 525 g/mol. The summed E-state index contributed by atoms with van der Waals surface area (Å²) in [6.45, 7) is 3.53. The Hall–Kier alpha value is -3.71. The van der Waals surface area contributed by atoms with Gasteiger partial charge in [0.25, 0.3) is 5.91 Å². The number of hydrogen-bond acceptors (Lipinski definition) is 6. The van der Waals surface area contributed by atoms with Crippen LogP contribution in [0.5, 0.6) is 5.75 Å². The number of sulfonamides is 1. The first-order chi connectivity index (χ1) is 17.7. The molecule has 0 bridgehead atoms. The molecule has 38 heavy (non-hydrogen) atoms. The molecule has 13 heteroatoms. The third-order valence-electron chi connectivity index (χ3n) is 6.52. The van der Waals surface area contributed by atoms with Gasteiger partial charge in [0.05, 0.1) is 0 Å². The van der Waals surface area contributed by atoms with Crippen LogP contribution in [0.2, 0.25) is 0 Å². The number of amides is 2. The van der Waals surface area contributed by atoms with Crippen molar-refractivity contribution in [3.05, 3.63) is 69.6 Å². The second kappa shape index (κ2) is 9.87. The smallest absolute Gasteiger partial charge is 0.406 e. The first-order valence-electron chi connectivity index (χ1n) is 11.6. The second-order valence-electron chi connectivity index (χ2n) is 9.16. The number of nitrogens with zero attached hydrogens (tertiary/aromatic N) is 2. The number of rotatable bonds is 6. The van der Waals surface area contributed by atoms with Gasteiger partial charge in [-0.1, -0.05) is 12.1 Å². The Balaban J connectivity index is 1.48. The topological polar surface area (TPSA) is 131 Å². The molecule has 1 spiro atoms. The fourth-order valence-corrected chi connectivity index (χ4v) is 5.73. The number of hydrogen-bond donors (Lipinski definition) is 2. The van der Waals surface area contributed by atoms with Crippen LogP contribution in [0.25, 0.3) is 6.08 Å². The maximum atomic E-state index is 13.0. The van der Waals surface area contributed by atoms with Crippen molar-refractivity contribution in [2.45, 2.75) is 38.6 Å². The molecule has 0 saturated carbocycles. The van der Waals surface area contributed by atoms with E-state index in [9.17, 15) is 31.2 Å². The molecule has 2 aromatic rings. The number of ether oxygens (including phenoxy) is 1. The Morgan fingerprint density at radius 1 is 1.16 bits per heavy atom. The number of alkyl halides is 3. The average Bonchev–Trinajstić information content (AvgIpc) is 3.13. The highest BCUT2D eigenvalue weighted by molar-refractivity contribution is 7.92. The number of aliphatic imine (C=N–C) groups is 1. The van der Waals surface area contributed by atoms with Crippen LogP contribution in [0.4, 0.5) is 13.2 Å². The van der Waals surface area contributed by atoms with Gasteiger partial charge in [-0.2, -0.15) is 4.31 Å². The van der Waals surface area contributed by atoms with E-state index >= 15 is 0 Å². The highest BCUT2D eigenvalue weighted by atomic mass is 32.2. The molecule has 1 saturated heterocycles. The van der Waals surface area contributed by atoms with Crippen LogP contribution in [0.15, 0.2) is 46.8 Å². The third-order valence-corrected chi connectivity index (χ3v) is 8.08. The van der Waals surface area contributed by atoms with E-state index in [0.717, 1.165) is 17.5 Å². The highest BCUT2D eigenvalue weighted by Gasteiger charge is 2.47. The lowest BCUT2D eigenvalue weighted by Gasteiger charge is -2.34. The summed E-state index contributed by atoms with van der Waals surface area (Å²) in [6.07, 6.45) is -3.21. The lowest BCUT2D eigenvalue weighted by atomic mass is 9.89. The van der Waals surface area contributed by atoms with Gasteiger partial charge in [-0.25, -0.2) is 8.42 Å². The zero-order valence-corrected chi connectivity index (χ0v) is 21.3. The maximum Gasteiger partial charge on any atom is 0.573 e. The van der Waals surface area contributed by atoms with Crippen LogP contribution in [-0.4, -0.2) is 55.4 Å². The lowest BCUT2D eigenvalue weighted by molar-refractivity contribution is -0.274. The minimum atomic E-state index is -4.86. The van der Waals surface area contributed by atoms with Crippen molar-refractivity contribution in [1.29, 1.82) is 0 Å². The van der Waals surface area contributed by atoms with Crippen LogP contribution in [0, 0.1) is 13.8 Å². The minimum absolute atomic E-state index is 0.0205. The summed E-state index contributed by atoms with van der Waals surface area (Å²) < 4.78 is 68.9. The van der Waals surface area contributed by atoms with Gasteiger partial charge >= 0.3 is 6.36 Å². The van der Waals surface area contributed by atoms with Crippen LogP contribution < -0.4 is 15.8 Å². The van der Waals surface area contributed by atoms with Gasteiger partial charge in [-0.3, -0.25) is 14.6 Å². The summed E-state index contributed by atoms with van der Waals surface area (Å²) in [4.78, 5) is 28.7. The maximum absolute atomic E-state index is 13.0. The van der Waals surface area contributed by atoms with Gasteiger partial charge in [0, 0.05) is 29.6 Å². The van der Waals surface area contributed by atoms with Crippen molar-refractivity contribution >= 4 is 33.7 Å². The van der Waals surface area contributed by atoms with Gasteiger partial charge in [-0.15, -0.1) is 13.2 Å². The number of nitrogens with two attached hydrogens (primary N) is 1. The monoisotopic (exact) mass is 550 g/mol. The van der Waals surface area contributed by atoms with Crippen molar-refractivity contribution < 1.29 is 35.9 Å². The zero-order valence-electron chi connectivity index (χ0n) is 20.5. The Morgan fingerprint density at radius 3 is 2.37 bits per heavy atom. The first kappa shape index (κ1) is 27.3. The van der Waals surface area contributed by atoms with Crippen LogP contribution in [0.1, 0.15) is 45.5 Å². The molecule has 2 heterocycles. The first-order valence-corrected chi connectivity index (χ1v) is 13.1. The van der Waals surface area contributed by atoms with Crippen LogP contribution in [0.3, 0.4) is 0 Å². The number of piperidine rings is 1. The summed E-state index contributed by atoms with van der Waals surface area (Å²) in [5.74, 6) is -1.37. The van der Waals surface area contributed by atoms with E-state index in [1.807, 2.05) is 0 Å². The van der Waals surface area contributed by atoms with E-state index in [2.05, 4.69) is 15.0 Å². The van der Waals surface area contributed by atoms with Crippen molar-refractivity contribution in [2.24, 2.45) is 10.7 Å². The zero-order chi connectivity index (χ0) is 27.9. The van der Waals surface area contributed by atoms with Gasteiger partial charge in [0.15, 0.2) is 0 Å². The normalized spacial score (nSPS) is 18.0. The Kier molecular flexibility index (Phi) is 7.10. The third kappa shape index (κ3) is 5.73. The number of amidine groups is 1. The number of carbonyl (C=O) groups excluding carboxylic acids is 2. The Labute approximate surface area is 217 Å². The van der Waals surface area contributed by atoms with E-state index in [1.165, 1.54) is 22.5 Å². The van der Waals surface area contributed by atoms with E-state index < -0.39 is 39.5 Å². The highest BCUT2D eigenvalue weighted by Crippen LogP contribution is 2.33. The Bertz CT molecular complexity index is 1440. The predicted molar refractivity (Wildman–Crippen MR) is 134 cm³/mol. The van der Waals surface area contributed by atoms with Gasteiger partial charge < -0.3 is 15.8 Å². The SMILES string of the molecule is Cc1cc(C(N)=O)cc(C)c1/C=C/S(=O)(=O)N1CCC2(CC1)N=C(c1cccc(OC(F)(F)F)c1)NC2=O. The minimum Gasteiger partial charge on any atom is -0.406 e. The average molecular weight is 551 g/mol. The number of nitrogens with one attached hydrogen (secondary N) is 1. The number of benzene rings is 2. The molecule has 0 aromatic heterocycles. The van der Waals surface area contributed by atoms with Gasteiger partial charge in [-0.05, 0) is 73.7 Å². The molecule has 4 rings (SSSR count). The summed E-state index contributed by atoms with van der Waals surface area (Å²) in [7, 11) is -3.84. The lowest BCUT2D eigenvalue weighted by Crippen LogP contribution is -2.50. The molecule has 1 fully saturated rings. The van der Waals surface area contributed by atoms with Crippen LogP contribution in [-0.2, 0) is 14.8 Å². The van der Waals surface area contributed by atoms with E-state index in [-0.39, 0.29) is 37.3 Å². The molecular formula is C25H25F3N4O5S. The molecule has 202 valence electrons. The number of aryl methyl sites for hydroxylation is 2. The molecule has 9 nitrogen and oxygen atoms in total. The largest absolute Gasteiger partial charge is 0.573 e. The van der Waals surface area contributed by atoms with E-state index in [1.54, 1.807) is 26.0 Å². The number of primary amides is 1. The second-order valence-corrected chi connectivity index (χ2v) is 11.0. The van der Waals surface area contributed by atoms with Gasteiger partial charge in [0.2, 0.25) is 15.9 Å². The van der Waals surface area contributed by atoms with E-state index in [4.69, 9.17) is 5.73 Å². The van der Waals surface area contributed by atoms with Crippen LogP contribution >= 0.6 is 0 Å². The van der Waals surface area contributed by atoms with Crippen molar-refractivity contribution in [3.63, 3.8) is 0 Å². The molecule has 0 radical (unpaired) electrons. The van der Waals surface area contributed by atoms with E-state index in [0.29, 0.717) is 22.3 Å². The molecule has 2 aliphatic heterocycles. The molecule has 0 unspecified atom stereocenters. The summed E-state index contributed by atoms with van der Waals surface area (Å²) in [6, 6.07) is 8.27. The summed E-state index contributed by atoms with van der Waals surface area (Å²) >= 11 is 0. The Morgan fingerprint density at radius 2 is 1.79 bits per heavy atom. The summed E-state index contributed by atoms with van der Waals surface area (Å²) in [5, 5.41) is 3.69. The van der Waals surface area contributed by atoms with Crippen molar-refractivity contribution in [3.8, 4) is 5.75 Å². The summed E-state index contributed by atoms with van der Waals surface area (Å²) in [5.41, 5.74) is 6.71. The molecule has 0 atom stereocenters. The predicted octanol–water partition coefficient (Wildman–Crippen LogP) is 3.01. The molecule has 2 aromatic carbocycles. The van der Waals surface area contributed by atoms with Crippen molar-refractivity contribution in [2.75, 3.05) is 13.1 Å². The standard InChI is InChI=1S/C25H25F3N4O5S/c1-15-12-18(21(29)33)13-16(2)20(15)6-11-38(35,36)32-9-7-24(8-10-32)23(34)30-22(31-24)17-4-3-5-19(14-17)37-25(26,27)28/h3-6,11-14H,7-10H2,1-2H3,(H2,29,33)(H,30,31,34)/b11-6+. The number of halogens is 3. The number of carbonyl (C=O) groups is 2. The fraction of sp³-hybridized carbons (Fsp3) is 0.320. The molecule has 2 amide bonds. The fourth-order valence-electron chi connectivity index (χ4n) is 4.56. The molecule has 3 N–H and O–H groups in total. The molecule has 2 aliphatic rings.